The zero-order chi connectivity index (χ0) is 14.0. The Morgan fingerprint density at radius 1 is 1.16 bits per heavy atom. The van der Waals surface area contributed by atoms with Gasteiger partial charge in [0.25, 0.3) is 0 Å². The number of aromatic nitrogens is 2. The van der Waals surface area contributed by atoms with Crippen LogP contribution in [0.1, 0.15) is 5.69 Å². The van der Waals surface area contributed by atoms with Gasteiger partial charge in [-0.25, -0.2) is 9.97 Å². The van der Waals surface area contributed by atoms with Crippen LogP contribution in [0.2, 0.25) is 10.0 Å². The van der Waals surface area contributed by atoms with E-state index in [1.54, 1.807) is 12.1 Å². The van der Waals surface area contributed by atoms with Gasteiger partial charge in [-0.1, -0.05) is 23.2 Å². The van der Waals surface area contributed by atoms with E-state index in [1.807, 2.05) is 31.1 Å². The molecule has 2 rings (SSSR count). The Labute approximate surface area is 122 Å². The lowest BCUT2D eigenvalue weighted by atomic mass is 10.1. The fourth-order valence-electron chi connectivity index (χ4n) is 1.62. The van der Waals surface area contributed by atoms with Crippen LogP contribution in [0.15, 0.2) is 24.3 Å². The van der Waals surface area contributed by atoms with E-state index in [-0.39, 0.29) is 0 Å². The predicted octanol–water partition coefficient (Wildman–Crippen LogP) is 2.98. The summed E-state index contributed by atoms with van der Waals surface area (Å²) < 4.78 is 0. The summed E-state index contributed by atoms with van der Waals surface area (Å²) in [6.45, 7) is 0.349. The van der Waals surface area contributed by atoms with Crippen LogP contribution in [0, 0.1) is 0 Å². The molecule has 2 N–H and O–H groups in total. The number of nitrogens with zero attached hydrogens (tertiary/aromatic N) is 3. The van der Waals surface area contributed by atoms with Gasteiger partial charge in [0, 0.05) is 31.2 Å². The highest BCUT2D eigenvalue weighted by Gasteiger charge is 2.10. The highest BCUT2D eigenvalue weighted by molar-refractivity contribution is 6.36. The average molecular weight is 297 g/mol. The zero-order valence-corrected chi connectivity index (χ0v) is 12.2. The lowest BCUT2D eigenvalue weighted by Gasteiger charge is -2.13. The van der Waals surface area contributed by atoms with Crippen LogP contribution in [-0.4, -0.2) is 24.1 Å². The molecule has 0 aliphatic carbocycles. The van der Waals surface area contributed by atoms with E-state index in [0.29, 0.717) is 22.5 Å². The number of nitrogens with two attached hydrogens (primary N) is 1. The van der Waals surface area contributed by atoms with Crippen LogP contribution in [0.5, 0.6) is 0 Å². The van der Waals surface area contributed by atoms with E-state index in [2.05, 4.69) is 9.97 Å². The second-order valence-electron chi connectivity index (χ2n) is 4.27. The molecule has 0 amide bonds. The summed E-state index contributed by atoms with van der Waals surface area (Å²) in [5.74, 6) is 0.601. The third kappa shape index (κ3) is 3.15. The molecule has 19 heavy (non-hydrogen) atoms. The maximum absolute atomic E-state index is 6.20. The smallest absolute Gasteiger partial charge is 0.225 e. The molecule has 1 aromatic carbocycles. The summed E-state index contributed by atoms with van der Waals surface area (Å²) in [6, 6.07) is 7.15. The van der Waals surface area contributed by atoms with E-state index >= 15 is 0 Å². The van der Waals surface area contributed by atoms with Gasteiger partial charge < -0.3 is 10.6 Å². The Morgan fingerprint density at radius 2 is 1.89 bits per heavy atom. The minimum absolute atomic E-state index is 0.349. The normalized spacial score (nSPS) is 10.6. The van der Waals surface area contributed by atoms with Crippen LogP contribution in [-0.2, 0) is 6.54 Å². The van der Waals surface area contributed by atoms with Gasteiger partial charge >= 0.3 is 0 Å². The molecule has 0 saturated heterocycles. The van der Waals surface area contributed by atoms with Gasteiger partial charge in [0.15, 0.2) is 0 Å². The van der Waals surface area contributed by atoms with Gasteiger partial charge in [0.1, 0.15) is 0 Å². The molecular formula is C13H14Cl2N4. The molecule has 0 saturated carbocycles. The fraction of sp³-hybridized carbons (Fsp3) is 0.231. The number of rotatable bonds is 3. The van der Waals surface area contributed by atoms with Crippen LogP contribution in [0.3, 0.4) is 0 Å². The quantitative estimate of drug-likeness (QED) is 0.946. The second-order valence-corrected chi connectivity index (χ2v) is 5.11. The molecule has 4 nitrogen and oxygen atoms in total. The van der Waals surface area contributed by atoms with Gasteiger partial charge in [-0.05, 0) is 24.3 Å². The summed E-state index contributed by atoms with van der Waals surface area (Å²) >= 11 is 12.1. The van der Waals surface area contributed by atoms with Crippen molar-refractivity contribution >= 4 is 29.2 Å². The van der Waals surface area contributed by atoms with E-state index in [4.69, 9.17) is 28.9 Å². The first kappa shape index (κ1) is 14.1. The molecule has 0 atom stereocenters. The summed E-state index contributed by atoms with van der Waals surface area (Å²) in [5.41, 5.74) is 7.98. The molecule has 2 aromatic rings. The van der Waals surface area contributed by atoms with Gasteiger partial charge in [0.05, 0.1) is 16.4 Å². The Balaban J connectivity index is 2.57. The lowest BCUT2D eigenvalue weighted by Crippen LogP contribution is -2.15. The molecule has 0 unspecified atom stereocenters. The van der Waals surface area contributed by atoms with Crippen molar-refractivity contribution in [2.45, 2.75) is 6.54 Å². The van der Waals surface area contributed by atoms with Crippen LogP contribution >= 0.6 is 23.2 Å². The first-order valence-electron chi connectivity index (χ1n) is 5.72. The lowest BCUT2D eigenvalue weighted by molar-refractivity contribution is 0.925. The van der Waals surface area contributed by atoms with Crippen molar-refractivity contribution in [3.63, 3.8) is 0 Å². The zero-order valence-electron chi connectivity index (χ0n) is 10.7. The third-order valence-electron chi connectivity index (χ3n) is 2.58. The van der Waals surface area contributed by atoms with Crippen LogP contribution < -0.4 is 10.6 Å². The van der Waals surface area contributed by atoms with Crippen molar-refractivity contribution in [2.24, 2.45) is 5.73 Å². The molecule has 0 aliphatic heterocycles. The molecule has 100 valence electrons. The number of halogens is 2. The molecule has 0 bridgehead atoms. The van der Waals surface area contributed by atoms with E-state index < -0.39 is 0 Å². The highest BCUT2D eigenvalue weighted by atomic mass is 35.5. The molecule has 0 fully saturated rings. The molecule has 0 aliphatic rings. The summed E-state index contributed by atoms with van der Waals surface area (Å²) in [7, 11) is 3.76. The Bertz CT molecular complexity index is 599. The SMILES string of the molecule is CN(C)c1nc(CN)cc(-c2ccc(Cl)cc2Cl)n1. The largest absolute Gasteiger partial charge is 0.347 e. The molecule has 6 heteroatoms. The predicted molar refractivity (Wildman–Crippen MR) is 79.7 cm³/mol. The van der Waals surface area contributed by atoms with Crippen molar-refractivity contribution in [3.8, 4) is 11.3 Å². The number of benzene rings is 1. The van der Waals surface area contributed by atoms with Gasteiger partial charge in [0.2, 0.25) is 5.95 Å². The van der Waals surface area contributed by atoms with Crippen molar-refractivity contribution in [2.75, 3.05) is 19.0 Å². The van der Waals surface area contributed by atoms with Gasteiger partial charge in [-0.2, -0.15) is 0 Å². The van der Waals surface area contributed by atoms with E-state index in [1.165, 1.54) is 0 Å². The minimum atomic E-state index is 0.349. The molecule has 0 radical (unpaired) electrons. The molecule has 1 aromatic heterocycles. The number of anilines is 1. The Morgan fingerprint density at radius 3 is 2.47 bits per heavy atom. The highest BCUT2D eigenvalue weighted by Crippen LogP contribution is 2.30. The van der Waals surface area contributed by atoms with Crippen molar-refractivity contribution in [3.05, 3.63) is 40.0 Å². The summed E-state index contributed by atoms with van der Waals surface area (Å²) in [6.07, 6.45) is 0. The Hall–Kier alpha value is -1.36. The summed E-state index contributed by atoms with van der Waals surface area (Å²) in [4.78, 5) is 10.6. The number of hydrogen-bond donors (Lipinski definition) is 1. The van der Waals surface area contributed by atoms with Gasteiger partial charge in [-0.3, -0.25) is 0 Å². The van der Waals surface area contributed by atoms with Crippen molar-refractivity contribution < 1.29 is 0 Å². The van der Waals surface area contributed by atoms with Crippen molar-refractivity contribution in [1.82, 2.24) is 9.97 Å². The Kier molecular flexibility index (Phi) is 4.24. The summed E-state index contributed by atoms with van der Waals surface area (Å²) in [5, 5.41) is 1.15. The first-order chi connectivity index (χ1) is 9.01. The van der Waals surface area contributed by atoms with Gasteiger partial charge in [-0.15, -0.1) is 0 Å². The maximum Gasteiger partial charge on any atom is 0.225 e. The monoisotopic (exact) mass is 296 g/mol. The topological polar surface area (TPSA) is 55.0 Å². The van der Waals surface area contributed by atoms with Crippen molar-refractivity contribution in [1.29, 1.82) is 0 Å². The maximum atomic E-state index is 6.20. The average Bonchev–Trinajstić information content (AvgIpc) is 2.38. The van der Waals surface area contributed by atoms with E-state index in [0.717, 1.165) is 17.0 Å². The van der Waals surface area contributed by atoms with Crippen LogP contribution in [0.4, 0.5) is 5.95 Å². The second kappa shape index (κ2) is 5.74. The minimum Gasteiger partial charge on any atom is -0.347 e. The van der Waals surface area contributed by atoms with Crippen LogP contribution in [0.25, 0.3) is 11.3 Å². The molecule has 1 heterocycles. The fourth-order valence-corrected chi connectivity index (χ4v) is 2.13. The standard InChI is InChI=1S/C13H14Cl2N4/c1-19(2)13-17-9(7-16)6-12(18-13)10-4-3-8(14)5-11(10)15/h3-6H,7,16H2,1-2H3. The third-order valence-corrected chi connectivity index (χ3v) is 3.13. The number of hydrogen-bond acceptors (Lipinski definition) is 4. The first-order valence-corrected chi connectivity index (χ1v) is 6.47. The molecular weight excluding hydrogens is 283 g/mol. The molecule has 0 spiro atoms. The van der Waals surface area contributed by atoms with E-state index in [9.17, 15) is 0 Å².